The van der Waals surface area contributed by atoms with Gasteiger partial charge < -0.3 is 11.1 Å². The molecule has 2 heterocycles. The summed E-state index contributed by atoms with van der Waals surface area (Å²) in [6.07, 6.45) is 1.62. The van der Waals surface area contributed by atoms with Crippen LogP contribution in [0, 0.1) is 0 Å². The Balaban J connectivity index is 1.99. The van der Waals surface area contributed by atoms with Gasteiger partial charge in [0.15, 0.2) is 0 Å². The van der Waals surface area contributed by atoms with Crippen LogP contribution in [0.15, 0.2) is 18.2 Å². The van der Waals surface area contributed by atoms with Gasteiger partial charge in [-0.05, 0) is 38.1 Å². The molecule has 0 aromatic heterocycles. The molecule has 1 aromatic rings. The third kappa shape index (κ3) is 1.51. The van der Waals surface area contributed by atoms with Crippen molar-refractivity contribution < 1.29 is 9.59 Å². The Kier molecular flexibility index (Phi) is 2.56. The number of hydrogen-bond acceptors (Lipinski definition) is 4. The first-order valence-electron chi connectivity index (χ1n) is 6.17. The van der Waals surface area contributed by atoms with Gasteiger partial charge in [0.25, 0.3) is 11.8 Å². The van der Waals surface area contributed by atoms with Gasteiger partial charge in [0.05, 0.1) is 11.1 Å². The van der Waals surface area contributed by atoms with Gasteiger partial charge in [0.1, 0.15) is 0 Å². The maximum absolute atomic E-state index is 12.3. The molecule has 0 aliphatic carbocycles. The monoisotopic (exact) mass is 245 g/mol. The molecule has 5 nitrogen and oxygen atoms in total. The van der Waals surface area contributed by atoms with Crippen molar-refractivity contribution in [3.05, 3.63) is 29.3 Å². The summed E-state index contributed by atoms with van der Waals surface area (Å²) in [7, 11) is 0. The van der Waals surface area contributed by atoms with Crippen molar-refractivity contribution in [3.63, 3.8) is 0 Å². The summed E-state index contributed by atoms with van der Waals surface area (Å²) >= 11 is 0. The normalized spacial score (nSPS) is 20.3. The Bertz CT molecular complexity index is 521. The number of fused-ring (bicyclic) bond motifs is 1. The number of nitrogens with one attached hydrogen (secondary N) is 1. The topological polar surface area (TPSA) is 75.4 Å². The average Bonchev–Trinajstić information content (AvgIpc) is 2.64. The third-order valence-electron chi connectivity index (χ3n) is 3.65. The van der Waals surface area contributed by atoms with Crippen LogP contribution in [-0.4, -0.2) is 35.8 Å². The lowest BCUT2D eigenvalue weighted by atomic mass is 10.1. The van der Waals surface area contributed by atoms with Crippen LogP contribution in [0.2, 0.25) is 0 Å². The maximum Gasteiger partial charge on any atom is 0.263 e. The fourth-order valence-electron chi connectivity index (χ4n) is 2.73. The number of amides is 2. The summed E-state index contributed by atoms with van der Waals surface area (Å²) in [6, 6.07) is 5.05. The largest absolute Gasteiger partial charge is 0.398 e. The number of nitrogen functional groups attached to an aromatic ring is 1. The van der Waals surface area contributed by atoms with Crippen molar-refractivity contribution >= 4 is 17.5 Å². The summed E-state index contributed by atoms with van der Waals surface area (Å²) in [6.45, 7) is 1.68. The van der Waals surface area contributed by atoms with Crippen molar-refractivity contribution in [1.29, 1.82) is 0 Å². The van der Waals surface area contributed by atoms with E-state index in [0.717, 1.165) is 25.9 Å². The molecule has 0 spiro atoms. The minimum atomic E-state index is -0.236. The summed E-state index contributed by atoms with van der Waals surface area (Å²) in [5, 5.41) is 3.23. The number of hydrogen-bond donors (Lipinski definition) is 2. The highest BCUT2D eigenvalue weighted by atomic mass is 16.2. The first kappa shape index (κ1) is 11.2. The standard InChI is InChI=1S/C13H15N3O2/c14-10-3-1-2-9-11(10)13(18)16(12(9)17)8-4-6-15-7-5-8/h1-3,8,15H,4-7,14H2. The van der Waals surface area contributed by atoms with E-state index in [0.29, 0.717) is 16.8 Å². The molecular weight excluding hydrogens is 230 g/mol. The Morgan fingerprint density at radius 2 is 1.89 bits per heavy atom. The van der Waals surface area contributed by atoms with E-state index < -0.39 is 0 Å². The molecule has 2 aliphatic rings. The van der Waals surface area contributed by atoms with Gasteiger partial charge in [-0.25, -0.2) is 0 Å². The van der Waals surface area contributed by atoms with E-state index in [1.54, 1.807) is 18.2 Å². The van der Waals surface area contributed by atoms with Crippen LogP contribution in [0.25, 0.3) is 0 Å². The molecule has 0 bridgehead atoms. The molecule has 1 saturated heterocycles. The van der Waals surface area contributed by atoms with Gasteiger partial charge in [-0.3, -0.25) is 14.5 Å². The predicted molar refractivity (Wildman–Crippen MR) is 67.2 cm³/mol. The molecule has 94 valence electrons. The molecule has 3 N–H and O–H groups in total. The molecule has 2 aliphatic heterocycles. The lowest BCUT2D eigenvalue weighted by molar-refractivity contribution is 0.0556. The van der Waals surface area contributed by atoms with E-state index in [1.807, 2.05) is 0 Å². The first-order chi connectivity index (χ1) is 8.70. The highest BCUT2D eigenvalue weighted by Gasteiger charge is 2.41. The highest BCUT2D eigenvalue weighted by Crippen LogP contribution is 2.30. The molecule has 3 rings (SSSR count). The fourth-order valence-corrected chi connectivity index (χ4v) is 2.73. The molecular formula is C13H15N3O2. The summed E-state index contributed by atoms with van der Waals surface area (Å²) in [4.78, 5) is 26.0. The summed E-state index contributed by atoms with van der Waals surface area (Å²) < 4.78 is 0. The first-order valence-corrected chi connectivity index (χ1v) is 6.17. The Morgan fingerprint density at radius 1 is 1.17 bits per heavy atom. The molecule has 0 atom stereocenters. The van der Waals surface area contributed by atoms with Crippen molar-refractivity contribution in [2.24, 2.45) is 0 Å². The van der Waals surface area contributed by atoms with Gasteiger partial charge >= 0.3 is 0 Å². The van der Waals surface area contributed by atoms with Gasteiger partial charge in [-0.2, -0.15) is 0 Å². The number of nitrogens with zero attached hydrogens (tertiary/aromatic N) is 1. The second-order valence-electron chi connectivity index (χ2n) is 4.73. The predicted octanol–water partition coefficient (Wildman–Crippen LogP) is 0.617. The number of carbonyl (C=O) groups excluding carboxylic acids is 2. The van der Waals surface area contributed by atoms with Gasteiger partial charge in [0, 0.05) is 11.7 Å². The fraction of sp³-hybridized carbons (Fsp3) is 0.385. The number of anilines is 1. The van der Waals surface area contributed by atoms with E-state index in [9.17, 15) is 9.59 Å². The third-order valence-corrected chi connectivity index (χ3v) is 3.65. The van der Waals surface area contributed by atoms with E-state index in [1.165, 1.54) is 4.90 Å². The van der Waals surface area contributed by atoms with Crippen molar-refractivity contribution in [3.8, 4) is 0 Å². The highest BCUT2D eigenvalue weighted by molar-refractivity contribution is 6.23. The molecule has 18 heavy (non-hydrogen) atoms. The van der Waals surface area contributed by atoms with E-state index in [4.69, 9.17) is 5.73 Å². The zero-order valence-electron chi connectivity index (χ0n) is 9.98. The lowest BCUT2D eigenvalue weighted by Gasteiger charge is -2.29. The molecule has 1 aromatic carbocycles. The van der Waals surface area contributed by atoms with Crippen LogP contribution >= 0.6 is 0 Å². The van der Waals surface area contributed by atoms with Crippen LogP contribution in [0.5, 0.6) is 0 Å². The van der Waals surface area contributed by atoms with Crippen molar-refractivity contribution in [1.82, 2.24) is 10.2 Å². The number of carbonyl (C=O) groups is 2. The zero-order valence-corrected chi connectivity index (χ0v) is 9.98. The van der Waals surface area contributed by atoms with Crippen LogP contribution in [0.1, 0.15) is 33.6 Å². The van der Waals surface area contributed by atoms with Crippen LogP contribution < -0.4 is 11.1 Å². The van der Waals surface area contributed by atoms with Gasteiger partial charge in [-0.1, -0.05) is 6.07 Å². The lowest BCUT2D eigenvalue weighted by Crippen LogP contribution is -2.45. The Labute approximate surface area is 105 Å². The van der Waals surface area contributed by atoms with E-state index >= 15 is 0 Å². The maximum atomic E-state index is 12.3. The number of benzene rings is 1. The smallest absolute Gasteiger partial charge is 0.263 e. The summed E-state index contributed by atoms with van der Waals surface area (Å²) in [5.74, 6) is -0.436. The molecule has 0 saturated carbocycles. The molecule has 1 fully saturated rings. The minimum Gasteiger partial charge on any atom is -0.398 e. The summed E-state index contributed by atoms with van der Waals surface area (Å²) in [5.41, 5.74) is 7.01. The van der Waals surface area contributed by atoms with Crippen molar-refractivity contribution in [2.75, 3.05) is 18.8 Å². The van der Waals surface area contributed by atoms with E-state index in [-0.39, 0.29) is 17.9 Å². The minimum absolute atomic E-state index is 0.00181. The zero-order chi connectivity index (χ0) is 12.7. The Morgan fingerprint density at radius 3 is 2.56 bits per heavy atom. The Hall–Kier alpha value is -1.88. The molecule has 0 unspecified atom stereocenters. The quantitative estimate of drug-likeness (QED) is 0.561. The number of rotatable bonds is 1. The SMILES string of the molecule is Nc1cccc2c1C(=O)N(C1CCNCC1)C2=O. The van der Waals surface area contributed by atoms with Gasteiger partial charge in [-0.15, -0.1) is 0 Å². The number of nitrogens with two attached hydrogens (primary N) is 1. The average molecular weight is 245 g/mol. The second kappa shape index (κ2) is 4.10. The molecule has 0 radical (unpaired) electrons. The van der Waals surface area contributed by atoms with E-state index in [2.05, 4.69) is 5.32 Å². The van der Waals surface area contributed by atoms with Crippen LogP contribution in [0.4, 0.5) is 5.69 Å². The molecule has 2 amide bonds. The second-order valence-corrected chi connectivity index (χ2v) is 4.73. The van der Waals surface area contributed by atoms with Crippen LogP contribution in [0.3, 0.4) is 0 Å². The van der Waals surface area contributed by atoms with Gasteiger partial charge in [0.2, 0.25) is 0 Å². The molecule has 5 heteroatoms. The number of imide groups is 1. The van der Waals surface area contributed by atoms with Crippen LogP contribution in [-0.2, 0) is 0 Å². The number of piperidine rings is 1. The van der Waals surface area contributed by atoms with Crippen molar-refractivity contribution in [2.45, 2.75) is 18.9 Å².